The topological polar surface area (TPSA) is 68.3 Å². The first-order valence-electron chi connectivity index (χ1n) is 5.86. The molecule has 0 aliphatic rings. The Bertz CT molecular complexity index is 737. The van der Waals surface area contributed by atoms with Crippen molar-refractivity contribution >= 4 is 33.2 Å². The molecule has 1 heterocycles. The number of hydrogen-bond donors (Lipinski definition) is 1. The monoisotopic (exact) mass is 346 g/mol. The van der Waals surface area contributed by atoms with Gasteiger partial charge in [0.05, 0.1) is 12.1 Å². The van der Waals surface area contributed by atoms with Crippen LogP contribution < -0.4 is 9.46 Å². The van der Waals surface area contributed by atoms with Gasteiger partial charge < -0.3 is 4.74 Å². The maximum atomic E-state index is 12.3. The van der Waals surface area contributed by atoms with E-state index in [0.29, 0.717) is 0 Å². The SMILES string of the molecule is COc1c(S(=O)(=O)NCc2cccnc2)ccc(Cl)c1Cl. The van der Waals surface area contributed by atoms with Crippen LogP contribution in [0.1, 0.15) is 5.56 Å². The fraction of sp³-hybridized carbons (Fsp3) is 0.154. The Morgan fingerprint density at radius 2 is 2.05 bits per heavy atom. The van der Waals surface area contributed by atoms with Gasteiger partial charge in [0.2, 0.25) is 10.0 Å². The van der Waals surface area contributed by atoms with Crippen LogP contribution in [0.25, 0.3) is 0 Å². The highest BCUT2D eigenvalue weighted by Gasteiger charge is 2.22. The Balaban J connectivity index is 2.30. The molecule has 1 N–H and O–H groups in total. The van der Waals surface area contributed by atoms with E-state index in [4.69, 9.17) is 27.9 Å². The van der Waals surface area contributed by atoms with Crippen LogP contribution in [0.15, 0.2) is 41.6 Å². The molecule has 2 aromatic rings. The molecular weight excluding hydrogens is 335 g/mol. The second-order valence-corrected chi connectivity index (χ2v) is 6.60. The number of pyridine rings is 1. The number of nitrogens with one attached hydrogen (secondary N) is 1. The number of nitrogens with zero attached hydrogens (tertiary/aromatic N) is 1. The number of benzene rings is 1. The molecule has 0 aliphatic carbocycles. The number of sulfonamides is 1. The highest BCUT2D eigenvalue weighted by molar-refractivity contribution is 7.89. The zero-order valence-corrected chi connectivity index (χ0v) is 13.3. The van der Waals surface area contributed by atoms with Crippen molar-refractivity contribution in [1.29, 1.82) is 0 Å². The second-order valence-electron chi connectivity index (χ2n) is 4.08. The summed E-state index contributed by atoms with van der Waals surface area (Å²) in [7, 11) is -2.46. The van der Waals surface area contributed by atoms with Crippen molar-refractivity contribution in [2.24, 2.45) is 0 Å². The molecule has 0 saturated carbocycles. The Morgan fingerprint density at radius 3 is 2.67 bits per heavy atom. The number of methoxy groups -OCH3 is 1. The molecule has 0 unspecified atom stereocenters. The predicted octanol–water partition coefficient (Wildman–Crippen LogP) is 2.88. The minimum Gasteiger partial charge on any atom is -0.494 e. The van der Waals surface area contributed by atoms with Gasteiger partial charge in [-0.3, -0.25) is 4.98 Å². The Kier molecular flexibility index (Phi) is 5.05. The first-order valence-corrected chi connectivity index (χ1v) is 8.10. The fourth-order valence-electron chi connectivity index (χ4n) is 1.67. The van der Waals surface area contributed by atoms with E-state index >= 15 is 0 Å². The third kappa shape index (κ3) is 3.65. The number of ether oxygens (including phenoxy) is 1. The summed E-state index contributed by atoms with van der Waals surface area (Å²) in [6.07, 6.45) is 3.19. The summed E-state index contributed by atoms with van der Waals surface area (Å²) in [6.45, 7) is 0.111. The lowest BCUT2D eigenvalue weighted by Gasteiger charge is -2.12. The van der Waals surface area contributed by atoms with E-state index in [1.807, 2.05) is 0 Å². The number of halogens is 2. The van der Waals surface area contributed by atoms with E-state index < -0.39 is 10.0 Å². The molecule has 0 atom stereocenters. The zero-order chi connectivity index (χ0) is 15.5. The molecule has 0 amide bonds. The quantitative estimate of drug-likeness (QED) is 0.903. The average molecular weight is 347 g/mol. The van der Waals surface area contributed by atoms with Crippen LogP contribution in [0.3, 0.4) is 0 Å². The Morgan fingerprint density at radius 1 is 1.29 bits per heavy atom. The molecule has 0 radical (unpaired) electrons. The lowest BCUT2D eigenvalue weighted by molar-refractivity contribution is 0.402. The van der Waals surface area contributed by atoms with Gasteiger partial charge in [-0.1, -0.05) is 29.3 Å². The molecule has 5 nitrogen and oxygen atoms in total. The summed E-state index contributed by atoms with van der Waals surface area (Å²) in [5, 5.41) is 0.281. The van der Waals surface area contributed by atoms with Gasteiger partial charge in [0, 0.05) is 18.9 Å². The van der Waals surface area contributed by atoms with Gasteiger partial charge >= 0.3 is 0 Å². The van der Waals surface area contributed by atoms with Crippen LogP contribution in [-0.2, 0) is 16.6 Å². The minimum absolute atomic E-state index is 0.0165. The van der Waals surface area contributed by atoms with Gasteiger partial charge in [0.15, 0.2) is 5.75 Å². The predicted molar refractivity (Wildman–Crippen MR) is 81.3 cm³/mol. The molecular formula is C13H12Cl2N2O3S. The van der Waals surface area contributed by atoms with Crippen molar-refractivity contribution in [1.82, 2.24) is 9.71 Å². The number of aromatic nitrogens is 1. The Hall–Kier alpha value is -1.34. The van der Waals surface area contributed by atoms with Crippen LogP contribution in [0.4, 0.5) is 0 Å². The van der Waals surface area contributed by atoms with Gasteiger partial charge in [-0.15, -0.1) is 0 Å². The summed E-state index contributed by atoms with van der Waals surface area (Å²) >= 11 is 11.8. The minimum atomic E-state index is -3.79. The third-order valence-corrected chi connectivity index (χ3v) is 4.91. The summed E-state index contributed by atoms with van der Waals surface area (Å²) in [5.41, 5.74) is 0.736. The first kappa shape index (κ1) is 16.0. The fourth-order valence-corrected chi connectivity index (χ4v) is 3.31. The van der Waals surface area contributed by atoms with Crippen molar-refractivity contribution in [2.75, 3.05) is 7.11 Å². The largest absolute Gasteiger partial charge is 0.494 e. The third-order valence-electron chi connectivity index (χ3n) is 2.70. The van der Waals surface area contributed by atoms with Crippen LogP contribution in [0, 0.1) is 0 Å². The van der Waals surface area contributed by atoms with Crippen LogP contribution in [0.2, 0.25) is 10.0 Å². The summed E-state index contributed by atoms with van der Waals surface area (Å²) < 4.78 is 32.2. The first-order chi connectivity index (χ1) is 9.95. The molecule has 21 heavy (non-hydrogen) atoms. The normalized spacial score (nSPS) is 11.4. The van der Waals surface area contributed by atoms with Crippen LogP contribution in [-0.4, -0.2) is 20.5 Å². The molecule has 0 fully saturated rings. The maximum Gasteiger partial charge on any atom is 0.244 e. The van der Waals surface area contributed by atoms with Crippen molar-refractivity contribution in [3.05, 3.63) is 52.3 Å². The highest BCUT2D eigenvalue weighted by atomic mass is 35.5. The van der Waals surface area contributed by atoms with E-state index in [0.717, 1.165) is 5.56 Å². The smallest absolute Gasteiger partial charge is 0.244 e. The molecule has 8 heteroatoms. The van der Waals surface area contributed by atoms with Gasteiger partial charge in [0.25, 0.3) is 0 Å². The van der Waals surface area contributed by atoms with E-state index in [9.17, 15) is 8.42 Å². The van der Waals surface area contributed by atoms with E-state index in [1.54, 1.807) is 24.5 Å². The molecule has 0 bridgehead atoms. The number of hydrogen-bond acceptors (Lipinski definition) is 4. The standard InChI is InChI=1S/C13H12Cl2N2O3S/c1-20-13-11(5-4-10(14)12(13)15)21(18,19)17-8-9-3-2-6-16-7-9/h2-7,17H,8H2,1H3. The van der Waals surface area contributed by atoms with Crippen LogP contribution in [0.5, 0.6) is 5.75 Å². The van der Waals surface area contributed by atoms with Crippen molar-refractivity contribution in [2.45, 2.75) is 11.4 Å². The van der Waals surface area contributed by atoms with Crippen LogP contribution >= 0.6 is 23.2 Å². The molecule has 1 aromatic heterocycles. The molecule has 0 spiro atoms. The molecule has 112 valence electrons. The molecule has 0 saturated heterocycles. The lowest BCUT2D eigenvalue weighted by atomic mass is 10.3. The van der Waals surface area contributed by atoms with E-state index in [-0.39, 0.29) is 27.2 Å². The average Bonchev–Trinajstić information content (AvgIpc) is 2.49. The zero-order valence-electron chi connectivity index (χ0n) is 11.0. The number of rotatable bonds is 5. The van der Waals surface area contributed by atoms with Gasteiger partial charge in [-0.25, -0.2) is 13.1 Å². The highest BCUT2D eigenvalue weighted by Crippen LogP contribution is 2.37. The molecule has 1 aromatic carbocycles. The summed E-state index contributed by atoms with van der Waals surface area (Å²) in [6, 6.07) is 6.24. The van der Waals surface area contributed by atoms with Crippen molar-refractivity contribution in [3.8, 4) is 5.75 Å². The van der Waals surface area contributed by atoms with Gasteiger partial charge in [0.1, 0.15) is 9.92 Å². The molecule has 0 aliphatic heterocycles. The summed E-state index contributed by atoms with van der Waals surface area (Å²) in [5.74, 6) is 0.0165. The van der Waals surface area contributed by atoms with Gasteiger partial charge in [-0.2, -0.15) is 0 Å². The van der Waals surface area contributed by atoms with Gasteiger partial charge in [-0.05, 0) is 23.8 Å². The molecule has 2 rings (SSSR count). The Labute approximate surface area is 132 Å². The van der Waals surface area contributed by atoms with E-state index in [1.165, 1.54) is 19.2 Å². The lowest BCUT2D eigenvalue weighted by Crippen LogP contribution is -2.23. The van der Waals surface area contributed by atoms with E-state index in [2.05, 4.69) is 9.71 Å². The van der Waals surface area contributed by atoms with Crippen molar-refractivity contribution in [3.63, 3.8) is 0 Å². The van der Waals surface area contributed by atoms with Crippen molar-refractivity contribution < 1.29 is 13.2 Å². The summed E-state index contributed by atoms with van der Waals surface area (Å²) in [4.78, 5) is 3.85. The second kappa shape index (κ2) is 6.62. The maximum absolute atomic E-state index is 12.3.